The summed E-state index contributed by atoms with van der Waals surface area (Å²) >= 11 is 0. The van der Waals surface area contributed by atoms with Gasteiger partial charge in [0.2, 0.25) is 5.91 Å². The van der Waals surface area contributed by atoms with E-state index in [2.05, 4.69) is 10.9 Å². The summed E-state index contributed by atoms with van der Waals surface area (Å²) in [5.74, 6) is -0.624. The van der Waals surface area contributed by atoms with Crippen molar-refractivity contribution in [3.05, 3.63) is 65.2 Å². The fourth-order valence-electron chi connectivity index (χ4n) is 1.99. The number of carbonyl (C=O) groups excluding carboxylic acids is 2. The van der Waals surface area contributed by atoms with Crippen LogP contribution in [0.4, 0.5) is 0 Å². The van der Waals surface area contributed by atoms with Crippen LogP contribution in [0.25, 0.3) is 0 Å². The van der Waals surface area contributed by atoms with E-state index < -0.39 is 0 Å². The molecule has 0 heterocycles. The molecule has 0 aliphatic heterocycles. The third-order valence-corrected chi connectivity index (χ3v) is 3.22. The molecule has 0 aliphatic carbocycles. The normalized spacial score (nSPS) is 10.0. The molecule has 2 rings (SSSR count). The van der Waals surface area contributed by atoms with Gasteiger partial charge in [0.15, 0.2) is 0 Å². The third kappa shape index (κ3) is 4.34. The molecule has 2 amide bonds. The van der Waals surface area contributed by atoms with Gasteiger partial charge in [-0.05, 0) is 41.8 Å². The Morgan fingerprint density at radius 2 is 1.73 bits per heavy atom. The van der Waals surface area contributed by atoms with E-state index in [9.17, 15) is 14.7 Å². The Labute approximate surface area is 129 Å². The monoisotopic (exact) mass is 298 g/mol. The second-order valence-electron chi connectivity index (χ2n) is 4.90. The molecule has 0 saturated heterocycles. The Hall–Kier alpha value is -2.82. The van der Waals surface area contributed by atoms with Crippen LogP contribution in [0.1, 0.15) is 28.4 Å². The van der Waals surface area contributed by atoms with E-state index in [1.54, 1.807) is 24.3 Å². The summed E-state index contributed by atoms with van der Waals surface area (Å²) in [7, 11) is 0. The fraction of sp³-hybridized carbons (Fsp3) is 0.176. The smallest absolute Gasteiger partial charge is 0.269 e. The first-order valence-electron chi connectivity index (χ1n) is 7.04. The minimum Gasteiger partial charge on any atom is -0.508 e. The molecular weight excluding hydrogens is 280 g/mol. The van der Waals surface area contributed by atoms with Crippen molar-refractivity contribution >= 4 is 11.8 Å². The number of phenolic OH excluding ortho intramolecular Hbond substituents is 1. The van der Waals surface area contributed by atoms with Crippen molar-refractivity contribution in [1.29, 1.82) is 0 Å². The average Bonchev–Trinajstić information content (AvgIpc) is 2.52. The van der Waals surface area contributed by atoms with Gasteiger partial charge in [-0.1, -0.05) is 31.2 Å². The lowest BCUT2D eigenvalue weighted by Crippen LogP contribution is -2.42. The summed E-state index contributed by atoms with van der Waals surface area (Å²) in [6, 6.07) is 13.6. The Bertz CT molecular complexity index is 666. The quantitative estimate of drug-likeness (QED) is 0.755. The first kappa shape index (κ1) is 15.6. The average molecular weight is 298 g/mol. The molecule has 0 fully saturated rings. The molecule has 5 heteroatoms. The van der Waals surface area contributed by atoms with Gasteiger partial charge in [-0.2, -0.15) is 0 Å². The van der Waals surface area contributed by atoms with E-state index >= 15 is 0 Å². The molecule has 22 heavy (non-hydrogen) atoms. The first-order valence-corrected chi connectivity index (χ1v) is 7.04. The van der Waals surface area contributed by atoms with Crippen LogP contribution in [-0.2, 0) is 17.6 Å². The molecule has 0 unspecified atom stereocenters. The highest BCUT2D eigenvalue weighted by molar-refractivity contribution is 5.95. The van der Waals surface area contributed by atoms with E-state index in [1.807, 2.05) is 19.1 Å². The number of phenols is 1. The van der Waals surface area contributed by atoms with Crippen molar-refractivity contribution < 1.29 is 14.7 Å². The number of benzene rings is 2. The molecule has 0 radical (unpaired) electrons. The molecule has 5 nitrogen and oxygen atoms in total. The maximum atomic E-state index is 11.9. The predicted octanol–water partition coefficient (Wildman–Crippen LogP) is 1.96. The Morgan fingerprint density at radius 3 is 2.36 bits per heavy atom. The number of rotatable bonds is 4. The standard InChI is InChI=1S/C17H18N2O3/c1-2-12-6-8-14(9-7-12)17(22)19-18-16(21)11-13-4-3-5-15(20)10-13/h3-10,20H,2,11H2,1H3,(H,18,21)(H,19,22). The van der Waals surface area contributed by atoms with Gasteiger partial charge < -0.3 is 5.11 Å². The predicted molar refractivity (Wildman–Crippen MR) is 83.2 cm³/mol. The highest BCUT2D eigenvalue weighted by Crippen LogP contribution is 2.11. The topological polar surface area (TPSA) is 78.4 Å². The summed E-state index contributed by atoms with van der Waals surface area (Å²) in [5, 5.41) is 9.33. The SMILES string of the molecule is CCc1ccc(C(=O)NNC(=O)Cc2cccc(O)c2)cc1. The number of hydrazine groups is 1. The van der Waals surface area contributed by atoms with Crippen LogP contribution in [0.3, 0.4) is 0 Å². The number of hydrogen-bond acceptors (Lipinski definition) is 3. The van der Waals surface area contributed by atoms with Gasteiger partial charge in [-0.15, -0.1) is 0 Å². The minimum atomic E-state index is -0.369. The van der Waals surface area contributed by atoms with Gasteiger partial charge in [0.05, 0.1) is 6.42 Å². The van der Waals surface area contributed by atoms with E-state index in [4.69, 9.17) is 0 Å². The second-order valence-corrected chi connectivity index (χ2v) is 4.90. The molecule has 2 aromatic rings. The third-order valence-electron chi connectivity index (χ3n) is 3.22. The van der Waals surface area contributed by atoms with Gasteiger partial charge in [-0.25, -0.2) is 0 Å². The van der Waals surface area contributed by atoms with E-state index in [0.29, 0.717) is 11.1 Å². The zero-order valence-electron chi connectivity index (χ0n) is 12.3. The number of aryl methyl sites for hydroxylation is 1. The molecule has 0 bridgehead atoms. The maximum Gasteiger partial charge on any atom is 0.269 e. The molecule has 2 aromatic carbocycles. The number of hydrogen-bond donors (Lipinski definition) is 3. The van der Waals surface area contributed by atoms with Crippen LogP contribution < -0.4 is 10.9 Å². The first-order chi connectivity index (χ1) is 10.6. The van der Waals surface area contributed by atoms with Crippen LogP contribution in [0.2, 0.25) is 0 Å². The van der Waals surface area contributed by atoms with Crippen molar-refractivity contribution in [3.63, 3.8) is 0 Å². The van der Waals surface area contributed by atoms with Crippen LogP contribution in [0, 0.1) is 0 Å². The van der Waals surface area contributed by atoms with E-state index in [1.165, 1.54) is 12.1 Å². The van der Waals surface area contributed by atoms with Crippen LogP contribution in [-0.4, -0.2) is 16.9 Å². The lowest BCUT2D eigenvalue weighted by atomic mass is 10.1. The molecule has 114 valence electrons. The van der Waals surface area contributed by atoms with Crippen molar-refractivity contribution in [2.45, 2.75) is 19.8 Å². The molecule has 0 saturated carbocycles. The van der Waals surface area contributed by atoms with Crippen LogP contribution >= 0.6 is 0 Å². The number of carbonyl (C=O) groups is 2. The van der Waals surface area contributed by atoms with E-state index in [-0.39, 0.29) is 24.0 Å². The summed E-state index contributed by atoms with van der Waals surface area (Å²) in [5.41, 5.74) is 7.02. The van der Waals surface area contributed by atoms with Crippen molar-refractivity contribution in [3.8, 4) is 5.75 Å². The number of aromatic hydroxyl groups is 1. The molecule has 0 aromatic heterocycles. The lowest BCUT2D eigenvalue weighted by molar-refractivity contribution is -0.121. The molecule has 0 atom stereocenters. The Kier molecular flexibility index (Phi) is 5.14. The highest BCUT2D eigenvalue weighted by Gasteiger charge is 2.08. The van der Waals surface area contributed by atoms with Gasteiger partial charge >= 0.3 is 0 Å². The minimum absolute atomic E-state index is 0.0729. The number of nitrogens with one attached hydrogen (secondary N) is 2. The molecule has 0 spiro atoms. The lowest BCUT2D eigenvalue weighted by Gasteiger charge is -2.08. The molecular formula is C17H18N2O3. The largest absolute Gasteiger partial charge is 0.508 e. The summed E-state index contributed by atoms with van der Waals surface area (Å²) in [6.45, 7) is 2.04. The molecule has 0 aliphatic rings. The molecule has 3 N–H and O–H groups in total. The van der Waals surface area contributed by atoms with Gasteiger partial charge in [0.25, 0.3) is 5.91 Å². The summed E-state index contributed by atoms with van der Waals surface area (Å²) in [6.07, 6.45) is 0.978. The number of amides is 2. The van der Waals surface area contributed by atoms with Gasteiger partial charge in [-0.3, -0.25) is 20.4 Å². The van der Waals surface area contributed by atoms with Crippen LogP contribution in [0.5, 0.6) is 5.75 Å². The van der Waals surface area contributed by atoms with E-state index in [0.717, 1.165) is 12.0 Å². The van der Waals surface area contributed by atoms with Gasteiger partial charge in [0.1, 0.15) is 5.75 Å². The Balaban J connectivity index is 1.86. The van der Waals surface area contributed by atoms with Crippen LogP contribution in [0.15, 0.2) is 48.5 Å². The fourth-order valence-corrected chi connectivity index (χ4v) is 1.99. The maximum absolute atomic E-state index is 11.9. The summed E-state index contributed by atoms with van der Waals surface area (Å²) < 4.78 is 0. The zero-order valence-corrected chi connectivity index (χ0v) is 12.3. The van der Waals surface area contributed by atoms with Crippen molar-refractivity contribution in [1.82, 2.24) is 10.9 Å². The second kappa shape index (κ2) is 7.26. The Morgan fingerprint density at radius 1 is 1.00 bits per heavy atom. The van der Waals surface area contributed by atoms with Gasteiger partial charge in [0, 0.05) is 5.56 Å². The highest BCUT2D eigenvalue weighted by atomic mass is 16.3. The van der Waals surface area contributed by atoms with Crippen molar-refractivity contribution in [2.24, 2.45) is 0 Å². The summed E-state index contributed by atoms with van der Waals surface area (Å²) in [4.78, 5) is 23.6. The zero-order chi connectivity index (χ0) is 15.9. The van der Waals surface area contributed by atoms with Crippen molar-refractivity contribution in [2.75, 3.05) is 0 Å².